The molecule has 0 spiro atoms. The lowest BCUT2D eigenvalue weighted by Crippen LogP contribution is -2.48. The molecule has 2 N–H and O–H groups in total. The molecule has 1 fully saturated rings. The number of aliphatic hydroxyl groups excluding tert-OH is 1. The monoisotopic (exact) mass is 387 g/mol. The Bertz CT molecular complexity index is 883. The van der Waals surface area contributed by atoms with E-state index in [0.717, 1.165) is 37.5 Å². The van der Waals surface area contributed by atoms with E-state index in [0.29, 0.717) is 11.5 Å². The third kappa shape index (κ3) is 3.58. The first-order valence-corrected chi connectivity index (χ1v) is 10.2. The number of hydrogen-bond acceptors (Lipinski definition) is 7. The van der Waals surface area contributed by atoms with Gasteiger partial charge in [0.2, 0.25) is 10.8 Å². The molecule has 3 heterocycles. The first kappa shape index (κ1) is 18.4. The molecule has 8 heteroatoms. The van der Waals surface area contributed by atoms with Crippen molar-refractivity contribution < 1.29 is 10.2 Å². The average Bonchev–Trinajstić information content (AvgIpc) is 3.28. The van der Waals surface area contributed by atoms with Crippen molar-refractivity contribution in [1.29, 1.82) is 0 Å². The normalized spacial score (nSPS) is 17.6. The molecule has 1 aromatic carbocycles. The third-order valence-electron chi connectivity index (χ3n) is 5.28. The van der Waals surface area contributed by atoms with Crippen molar-refractivity contribution in [3.63, 3.8) is 0 Å². The molecule has 1 aliphatic rings. The standard InChI is InChI=1S/C19H25N5O2S/c1-2-14-3-5-15(6-4-14)16(23-9-7-22(8-10-23)11-12-25)17-18(26)24-19(27-17)20-13-21-24/h3-6,13,16,25-26H,2,7-12H2,1H3. The predicted molar refractivity (Wildman–Crippen MR) is 105 cm³/mol. The lowest BCUT2D eigenvalue weighted by atomic mass is 10.0. The minimum Gasteiger partial charge on any atom is -0.492 e. The molecule has 0 bridgehead atoms. The highest BCUT2D eigenvalue weighted by atomic mass is 32.1. The summed E-state index contributed by atoms with van der Waals surface area (Å²) in [7, 11) is 0. The van der Waals surface area contributed by atoms with Crippen LogP contribution in [0.2, 0.25) is 0 Å². The number of rotatable bonds is 6. The summed E-state index contributed by atoms with van der Waals surface area (Å²) in [5, 5.41) is 24.1. The van der Waals surface area contributed by atoms with Crippen LogP contribution in [0.1, 0.15) is 29.0 Å². The van der Waals surface area contributed by atoms with Gasteiger partial charge in [-0.3, -0.25) is 9.80 Å². The zero-order valence-corrected chi connectivity index (χ0v) is 16.3. The number of benzene rings is 1. The highest BCUT2D eigenvalue weighted by Crippen LogP contribution is 2.40. The molecule has 0 radical (unpaired) electrons. The van der Waals surface area contributed by atoms with Crippen LogP contribution in [0.3, 0.4) is 0 Å². The smallest absolute Gasteiger partial charge is 0.230 e. The molecule has 1 aliphatic heterocycles. The minimum absolute atomic E-state index is 0.0271. The number of hydrogen-bond donors (Lipinski definition) is 2. The fourth-order valence-electron chi connectivity index (χ4n) is 3.72. The van der Waals surface area contributed by atoms with Crippen LogP contribution in [0, 0.1) is 0 Å². The fraction of sp³-hybridized carbons (Fsp3) is 0.474. The zero-order chi connectivity index (χ0) is 18.8. The van der Waals surface area contributed by atoms with Crippen LogP contribution < -0.4 is 0 Å². The van der Waals surface area contributed by atoms with Crippen molar-refractivity contribution in [3.05, 3.63) is 46.6 Å². The van der Waals surface area contributed by atoms with Gasteiger partial charge in [-0.2, -0.15) is 9.61 Å². The molecular weight excluding hydrogens is 362 g/mol. The SMILES string of the molecule is CCc1ccc(C(c2sc3ncnn3c2O)N2CCN(CCO)CC2)cc1. The van der Waals surface area contributed by atoms with Gasteiger partial charge in [-0.15, -0.1) is 0 Å². The number of aliphatic hydroxyl groups is 1. The van der Waals surface area contributed by atoms with E-state index in [-0.39, 0.29) is 18.5 Å². The molecule has 0 aliphatic carbocycles. The Hall–Kier alpha value is -2.00. The van der Waals surface area contributed by atoms with Gasteiger partial charge in [0.15, 0.2) is 0 Å². The molecule has 7 nitrogen and oxygen atoms in total. The lowest BCUT2D eigenvalue weighted by molar-refractivity contribution is 0.0945. The third-order valence-corrected chi connectivity index (χ3v) is 6.37. The highest BCUT2D eigenvalue weighted by Gasteiger charge is 2.31. The molecule has 0 saturated carbocycles. The summed E-state index contributed by atoms with van der Waals surface area (Å²) in [5.74, 6) is 0.176. The fourth-order valence-corrected chi connectivity index (χ4v) is 4.81. The number of aryl methyl sites for hydroxylation is 1. The van der Waals surface area contributed by atoms with Gasteiger partial charge < -0.3 is 10.2 Å². The number of β-amino-alcohol motifs (C(OH)–C–C–N with tert-alkyl or cyclic N) is 1. The zero-order valence-electron chi connectivity index (χ0n) is 15.5. The van der Waals surface area contributed by atoms with Gasteiger partial charge in [-0.05, 0) is 17.5 Å². The summed E-state index contributed by atoms with van der Waals surface area (Å²) in [5.41, 5.74) is 2.47. The van der Waals surface area contributed by atoms with Crippen molar-refractivity contribution in [2.24, 2.45) is 0 Å². The van der Waals surface area contributed by atoms with Gasteiger partial charge in [0.1, 0.15) is 6.33 Å². The van der Waals surface area contributed by atoms with E-state index in [4.69, 9.17) is 0 Å². The maximum absolute atomic E-state index is 10.8. The van der Waals surface area contributed by atoms with Crippen LogP contribution in [0.15, 0.2) is 30.6 Å². The molecular formula is C19H25N5O2S. The van der Waals surface area contributed by atoms with Crippen molar-refractivity contribution in [3.8, 4) is 5.88 Å². The number of piperazine rings is 1. The van der Waals surface area contributed by atoms with E-state index < -0.39 is 0 Å². The van der Waals surface area contributed by atoms with E-state index in [9.17, 15) is 10.2 Å². The van der Waals surface area contributed by atoms with Crippen LogP contribution in [0.4, 0.5) is 0 Å². The van der Waals surface area contributed by atoms with Crippen molar-refractivity contribution in [1.82, 2.24) is 24.4 Å². The van der Waals surface area contributed by atoms with Gasteiger partial charge >= 0.3 is 0 Å². The lowest BCUT2D eigenvalue weighted by Gasteiger charge is -2.39. The number of thiazole rings is 1. The van der Waals surface area contributed by atoms with E-state index in [2.05, 4.69) is 51.1 Å². The number of nitrogens with zero attached hydrogens (tertiary/aromatic N) is 5. The Kier molecular flexibility index (Phi) is 5.40. The van der Waals surface area contributed by atoms with E-state index in [1.807, 2.05) is 0 Å². The molecule has 1 saturated heterocycles. The topological polar surface area (TPSA) is 77.1 Å². The second-order valence-corrected chi connectivity index (χ2v) is 7.85. The number of aromatic nitrogens is 3. The van der Waals surface area contributed by atoms with Gasteiger partial charge in [-0.25, -0.2) is 4.98 Å². The van der Waals surface area contributed by atoms with Crippen LogP contribution in [-0.2, 0) is 6.42 Å². The molecule has 1 unspecified atom stereocenters. The maximum atomic E-state index is 10.8. The molecule has 0 amide bonds. The predicted octanol–water partition coefficient (Wildman–Crippen LogP) is 1.76. The molecule has 4 rings (SSSR count). The molecule has 1 atom stereocenters. The summed E-state index contributed by atoms with van der Waals surface area (Å²) in [6.45, 7) is 6.64. The maximum Gasteiger partial charge on any atom is 0.230 e. The van der Waals surface area contributed by atoms with Crippen LogP contribution in [0.5, 0.6) is 5.88 Å². The van der Waals surface area contributed by atoms with E-state index in [1.165, 1.54) is 33.3 Å². The number of aromatic hydroxyl groups is 1. The van der Waals surface area contributed by atoms with E-state index >= 15 is 0 Å². The Balaban J connectivity index is 1.69. The van der Waals surface area contributed by atoms with Crippen LogP contribution >= 0.6 is 11.3 Å². The first-order chi connectivity index (χ1) is 13.2. The molecule has 144 valence electrons. The second-order valence-electron chi connectivity index (χ2n) is 6.84. The average molecular weight is 388 g/mol. The minimum atomic E-state index is -0.0271. The van der Waals surface area contributed by atoms with Crippen molar-refractivity contribution in [2.45, 2.75) is 19.4 Å². The number of fused-ring (bicyclic) bond motifs is 1. The van der Waals surface area contributed by atoms with Gasteiger partial charge in [-0.1, -0.05) is 42.5 Å². The Morgan fingerprint density at radius 3 is 2.52 bits per heavy atom. The van der Waals surface area contributed by atoms with Crippen LogP contribution in [0.25, 0.3) is 4.96 Å². The summed E-state index contributed by atoms with van der Waals surface area (Å²) in [6.07, 6.45) is 2.47. The molecule has 3 aromatic rings. The van der Waals surface area contributed by atoms with Crippen molar-refractivity contribution >= 4 is 16.3 Å². The Morgan fingerprint density at radius 1 is 1.15 bits per heavy atom. The van der Waals surface area contributed by atoms with Crippen LogP contribution in [-0.4, -0.2) is 73.9 Å². The highest BCUT2D eigenvalue weighted by molar-refractivity contribution is 7.17. The van der Waals surface area contributed by atoms with Crippen molar-refractivity contribution in [2.75, 3.05) is 39.3 Å². The second kappa shape index (κ2) is 7.93. The Morgan fingerprint density at radius 2 is 1.89 bits per heavy atom. The summed E-state index contributed by atoms with van der Waals surface area (Å²) in [4.78, 5) is 10.5. The quantitative estimate of drug-likeness (QED) is 0.671. The van der Waals surface area contributed by atoms with E-state index in [1.54, 1.807) is 0 Å². The Labute approximate surface area is 162 Å². The summed E-state index contributed by atoms with van der Waals surface area (Å²) >= 11 is 1.49. The van der Waals surface area contributed by atoms with Gasteiger partial charge in [0.05, 0.1) is 17.5 Å². The van der Waals surface area contributed by atoms with Gasteiger partial charge in [0.25, 0.3) is 0 Å². The molecule has 2 aromatic heterocycles. The molecule has 27 heavy (non-hydrogen) atoms. The summed E-state index contributed by atoms with van der Waals surface area (Å²) in [6, 6.07) is 8.63. The largest absolute Gasteiger partial charge is 0.492 e. The summed E-state index contributed by atoms with van der Waals surface area (Å²) < 4.78 is 1.51. The van der Waals surface area contributed by atoms with Gasteiger partial charge in [0, 0.05) is 32.7 Å². The first-order valence-electron chi connectivity index (χ1n) is 9.38.